The monoisotopic (exact) mass is 315 g/mol. The molecule has 2 aromatic carbocycles. The highest BCUT2D eigenvalue weighted by molar-refractivity contribution is 8.00. The summed E-state index contributed by atoms with van der Waals surface area (Å²) in [7, 11) is 3.28. The number of carbonyl (C=O) groups excluding carboxylic acids is 1. The van der Waals surface area contributed by atoms with Gasteiger partial charge in [0.15, 0.2) is 0 Å². The second kappa shape index (κ2) is 6.32. The van der Waals surface area contributed by atoms with Gasteiger partial charge in [0, 0.05) is 5.69 Å². The second-order valence-corrected chi connectivity index (χ2v) is 5.97. The van der Waals surface area contributed by atoms with E-state index in [1.807, 2.05) is 53.4 Å². The quantitative estimate of drug-likeness (QED) is 0.866. The molecule has 1 aliphatic rings. The third kappa shape index (κ3) is 2.76. The molecule has 114 valence electrons. The average Bonchev–Trinajstić information content (AvgIpc) is 2.96. The molecule has 4 nitrogen and oxygen atoms in total. The van der Waals surface area contributed by atoms with E-state index < -0.39 is 0 Å². The molecule has 0 radical (unpaired) electrons. The van der Waals surface area contributed by atoms with Crippen LogP contribution in [0, 0.1) is 0 Å². The summed E-state index contributed by atoms with van der Waals surface area (Å²) >= 11 is 1.63. The Bertz CT molecular complexity index is 672. The summed E-state index contributed by atoms with van der Waals surface area (Å²) in [6, 6.07) is 15.4. The predicted molar refractivity (Wildman–Crippen MR) is 88.7 cm³/mol. The van der Waals surface area contributed by atoms with Crippen molar-refractivity contribution in [3.63, 3.8) is 0 Å². The molecule has 5 heteroatoms. The largest absolute Gasteiger partial charge is 0.497 e. The number of hydrogen-bond donors (Lipinski definition) is 0. The van der Waals surface area contributed by atoms with Crippen LogP contribution in [0.3, 0.4) is 0 Å². The Labute approximate surface area is 134 Å². The van der Waals surface area contributed by atoms with Gasteiger partial charge >= 0.3 is 0 Å². The summed E-state index contributed by atoms with van der Waals surface area (Å²) in [6.07, 6.45) is 0. The molecular formula is C17H17NO3S. The van der Waals surface area contributed by atoms with Gasteiger partial charge in [-0.15, -0.1) is 11.8 Å². The smallest absolute Gasteiger partial charge is 0.238 e. The highest BCUT2D eigenvalue weighted by Gasteiger charge is 2.34. The number of rotatable bonds is 4. The van der Waals surface area contributed by atoms with E-state index in [2.05, 4.69) is 0 Å². The van der Waals surface area contributed by atoms with E-state index in [1.54, 1.807) is 26.0 Å². The van der Waals surface area contributed by atoms with Crippen LogP contribution < -0.4 is 14.4 Å². The minimum absolute atomic E-state index is 0.0315. The molecule has 22 heavy (non-hydrogen) atoms. The Morgan fingerprint density at radius 3 is 2.45 bits per heavy atom. The lowest BCUT2D eigenvalue weighted by Crippen LogP contribution is -2.27. The summed E-state index contributed by atoms with van der Waals surface area (Å²) < 4.78 is 10.5. The van der Waals surface area contributed by atoms with Crippen LogP contribution in [0.15, 0.2) is 48.5 Å². The van der Waals surface area contributed by atoms with Gasteiger partial charge in [0.1, 0.15) is 16.9 Å². The Morgan fingerprint density at radius 1 is 1.05 bits per heavy atom. The van der Waals surface area contributed by atoms with Crippen molar-refractivity contribution in [3.8, 4) is 11.5 Å². The molecule has 0 spiro atoms. The molecule has 1 aliphatic heterocycles. The van der Waals surface area contributed by atoms with Crippen molar-refractivity contribution in [1.82, 2.24) is 0 Å². The molecule has 0 bridgehead atoms. The third-order valence-corrected chi connectivity index (χ3v) is 4.81. The number of methoxy groups -OCH3 is 2. The van der Waals surface area contributed by atoms with Crippen LogP contribution in [-0.2, 0) is 4.79 Å². The first-order valence-electron chi connectivity index (χ1n) is 6.94. The van der Waals surface area contributed by atoms with Crippen LogP contribution >= 0.6 is 11.8 Å². The van der Waals surface area contributed by atoms with Crippen LogP contribution in [-0.4, -0.2) is 25.9 Å². The van der Waals surface area contributed by atoms with Gasteiger partial charge in [-0.3, -0.25) is 9.69 Å². The van der Waals surface area contributed by atoms with E-state index >= 15 is 0 Å². The highest BCUT2D eigenvalue weighted by Crippen LogP contribution is 2.42. The zero-order chi connectivity index (χ0) is 15.5. The van der Waals surface area contributed by atoms with Crippen molar-refractivity contribution in [2.75, 3.05) is 24.9 Å². The summed E-state index contributed by atoms with van der Waals surface area (Å²) in [5.41, 5.74) is 1.94. The molecular weight excluding hydrogens is 298 g/mol. The van der Waals surface area contributed by atoms with Crippen LogP contribution in [0.4, 0.5) is 5.69 Å². The van der Waals surface area contributed by atoms with Gasteiger partial charge in [-0.25, -0.2) is 0 Å². The lowest BCUT2D eigenvalue weighted by molar-refractivity contribution is -0.115. The number of nitrogens with zero attached hydrogens (tertiary/aromatic N) is 1. The maximum atomic E-state index is 12.3. The molecule has 0 N–H and O–H groups in total. The zero-order valence-corrected chi connectivity index (χ0v) is 13.3. The molecule has 1 atom stereocenters. The van der Waals surface area contributed by atoms with Crippen molar-refractivity contribution in [3.05, 3.63) is 54.1 Å². The molecule has 0 saturated carbocycles. The highest BCUT2D eigenvalue weighted by atomic mass is 32.2. The minimum Gasteiger partial charge on any atom is -0.497 e. The molecule has 3 rings (SSSR count). The van der Waals surface area contributed by atoms with Crippen molar-refractivity contribution >= 4 is 23.4 Å². The van der Waals surface area contributed by atoms with Gasteiger partial charge in [-0.2, -0.15) is 0 Å². The first kappa shape index (κ1) is 14.8. The van der Waals surface area contributed by atoms with Gasteiger partial charge < -0.3 is 9.47 Å². The topological polar surface area (TPSA) is 38.8 Å². The van der Waals surface area contributed by atoms with E-state index in [4.69, 9.17) is 9.47 Å². The first-order valence-corrected chi connectivity index (χ1v) is 7.99. The molecule has 2 aromatic rings. The average molecular weight is 315 g/mol. The minimum atomic E-state index is -0.0315. The predicted octanol–water partition coefficient (Wildman–Crippen LogP) is 3.48. The van der Waals surface area contributed by atoms with Crippen LogP contribution in [0.25, 0.3) is 0 Å². The van der Waals surface area contributed by atoms with Crippen molar-refractivity contribution in [1.29, 1.82) is 0 Å². The summed E-state index contributed by atoms with van der Waals surface area (Å²) in [5.74, 6) is 2.17. The molecule has 0 aromatic heterocycles. The van der Waals surface area contributed by atoms with Gasteiger partial charge in [0.2, 0.25) is 5.91 Å². The Balaban J connectivity index is 1.94. The number of amides is 1. The SMILES string of the molecule is COc1ccc(N2C(=O)CS[C@H]2c2cccc(OC)c2)cc1. The van der Waals surface area contributed by atoms with Crippen molar-refractivity contribution in [2.45, 2.75) is 5.37 Å². The third-order valence-electron chi connectivity index (χ3n) is 3.60. The zero-order valence-electron chi connectivity index (χ0n) is 12.5. The molecule has 1 heterocycles. The van der Waals surface area contributed by atoms with Gasteiger partial charge in [0.25, 0.3) is 0 Å². The maximum absolute atomic E-state index is 12.3. The molecule has 1 fully saturated rings. The fourth-order valence-corrected chi connectivity index (χ4v) is 3.65. The molecule has 1 amide bonds. The number of thioether (sulfide) groups is 1. The Kier molecular flexibility index (Phi) is 4.24. The normalized spacial score (nSPS) is 17.6. The number of ether oxygens (including phenoxy) is 2. The summed E-state index contributed by atoms with van der Waals surface area (Å²) in [4.78, 5) is 14.1. The fraction of sp³-hybridized carbons (Fsp3) is 0.235. The van der Waals surface area contributed by atoms with E-state index in [0.29, 0.717) is 5.75 Å². The standard InChI is InChI=1S/C17H17NO3S/c1-20-14-8-6-13(7-9-14)18-16(19)11-22-17(18)12-4-3-5-15(10-12)21-2/h3-10,17H,11H2,1-2H3/t17-/m0/s1. The van der Waals surface area contributed by atoms with Crippen LogP contribution in [0.2, 0.25) is 0 Å². The van der Waals surface area contributed by atoms with Crippen LogP contribution in [0.5, 0.6) is 11.5 Å². The van der Waals surface area contributed by atoms with Crippen LogP contribution in [0.1, 0.15) is 10.9 Å². The van der Waals surface area contributed by atoms with Gasteiger partial charge in [-0.05, 0) is 42.0 Å². The Morgan fingerprint density at radius 2 is 1.77 bits per heavy atom. The molecule has 0 aliphatic carbocycles. The number of carbonyl (C=O) groups is 1. The lowest BCUT2D eigenvalue weighted by atomic mass is 10.1. The molecule has 0 unspecified atom stereocenters. The number of anilines is 1. The van der Waals surface area contributed by atoms with E-state index in [0.717, 1.165) is 22.7 Å². The van der Waals surface area contributed by atoms with Gasteiger partial charge in [-0.1, -0.05) is 12.1 Å². The van der Waals surface area contributed by atoms with Gasteiger partial charge in [0.05, 0.1) is 20.0 Å². The summed E-state index contributed by atoms with van der Waals surface area (Å²) in [5, 5.41) is -0.0315. The van der Waals surface area contributed by atoms with Crippen molar-refractivity contribution < 1.29 is 14.3 Å². The Hall–Kier alpha value is -2.14. The first-order chi connectivity index (χ1) is 10.7. The summed E-state index contributed by atoms with van der Waals surface area (Å²) in [6.45, 7) is 0. The van der Waals surface area contributed by atoms with E-state index in [-0.39, 0.29) is 11.3 Å². The number of benzene rings is 2. The number of hydrogen-bond acceptors (Lipinski definition) is 4. The van der Waals surface area contributed by atoms with Crippen molar-refractivity contribution in [2.24, 2.45) is 0 Å². The lowest BCUT2D eigenvalue weighted by Gasteiger charge is -2.24. The maximum Gasteiger partial charge on any atom is 0.238 e. The van der Waals surface area contributed by atoms with E-state index in [1.165, 1.54) is 0 Å². The molecule has 1 saturated heterocycles. The second-order valence-electron chi connectivity index (χ2n) is 4.90. The van der Waals surface area contributed by atoms with E-state index in [9.17, 15) is 4.79 Å². The fourth-order valence-electron chi connectivity index (χ4n) is 2.49.